The molecule has 0 bridgehead atoms. The fourth-order valence-corrected chi connectivity index (χ4v) is 3.23. The van der Waals surface area contributed by atoms with Crippen molar-refractivity contribution in [1.29, 1.82) is 0 Å². The third-order valence-electron chi connectivity index (χ3n) is 4.91. The number of hydrogen-bond donors (Lipinski definition) is 5. The highest BCUT2D eigenvalue weighted by Crippen LogP contribution is 2.23. The van der Waals surface area contributed by atoms with Gasteiger partial charge in [0.2, 0.25) is 5.91 Å². The van der Waals surface area contributed by atoms with Crippen LogP contribution in [0.15, 0.2) is 35.3 Å². The number of carbonyl (C=O) groups excluding carboxylic acids is 2. The zero-order valence-electron chi connectivity index (χ0n) is 17.9. The van der Waals surface area contributed by atoms with Crippen molar-refractivity contribution in [1.82, 2.24) is 10.6 Å². The molecule has 1 saturated heterocycles. The number of guanidine groups is 1. The lowest BCUT2D eigenvalue weighted by Crippen LogP contribution is -2.50. The second-order valence-electron chi connectivity index (χ2n) is 7.47. The Morgan fingerprint density at radius 1 is 1.19 bits per heavy atom. The number of aliphatic carboxylic acids is 1. The molecular formula is C21H31N5O6. The number of nitrogens with one attached hydrogen (secondary N) is 2. The quantitative estimate of drug-likeness (QED) is 0.174. The Bertz CT molecular complexity index is 784. The van der Waals surface area contributed by atoms with Crippen molar-refractivity contribution >= 4 is 23.9 Å². The van der Waals surface area contributed by atoms with Gasteiger partial charge in [0.25, 0.3) is 0 Å². The summed E-state index contributed by atoms with van der Waals surface area (Å²) in [6, 6.07) is 7.67. The number of benzene rings is 1. The Morgan fingerprint density at radius 2 is 1.94 bits per heavy atom. The molecular weight excluding hydrogens is 418 g/mol. The molecule has 1 heterocycles. The molecule has 1 aliphatic rings. The van der Waals surface area contributed by atoms with Gasteiger partial charge in [0.1, 0.15) is 18.8 Å². The minimum absolute atomic E-state index is 0.00856. The number of rotatable bonds is 12. The van der Waals surface area contributed by atoms with Crippen molar-refractivity contribution < 1.29 is 29.0 Å². The number of carboxylic acid groups (broad SMARTS) is 1. The minimum Gasteiger partial charge on any atom is -0.480 e. The molecule has 0 aliphatic carbocycles. The van der Waals surface area contributed by atoms with Gasteiger partial charge < -0.3 is 36.7 Å². The van der Waals surface area contributed by atoms with Crippen LogP contribution >= 0.6 is 0 Å². The van der Waals surface area contributed by atoms with E-state index in [1.165, 1.54) is 0 Å². The molecule has 1 fully saturated rings. The first-order valence-electron chi connectivity index (χ1n) is 10.5. The zero-order chi connectivity index (χ0) is 23.3. The maximum Gasteiger partial charge on any atom is 0.408 e. The summed E-state index contributed by atoms with van der Waals surface area (Å²) in [4.78, 5) is 39.6. The third kappa shape index (κ3) is 9.21. The van der Waals surface area contributed by atoms with Crippen LogP contribution in [0.25, 0.3) is 0 Å². The van der Waals surface area contributed by atoms with E-state index in [-0.39, 0.29) is 25.2 Å². The molecule has 32 heavy (non-hydrogen) atoms. The van der Waals surface area contributed by atoms with E-state index in [0.717, 1.165) is 31.2 Å². The molecule has 7 N–H and O–H groups in total. The van der Waals surface area contributed by atoms with Gasteiger partial charge in [-0.2, -0.15) is 0 Å². The highest BCUT2D eigenvalue weighted by Gasteiger charge is 2.31. The van der Waals surface area contributed by atoms with Gasteiger partial charge >= 0.3 is 12.1 Å². The van der Waals surface area contributed by atoms with E-state index in [9.17, 15) is 19.5 Å². The first-order chi connectivity index (χ1) is 15.3. The Labute approximate surface area is 186 Å². The molecule has 1 aromatic rings. The van der Waals surface area contributed by atoms with Crippen LogP contribution in [0, 0.1) is 0 Å². The van der Waals surface area contributed by atoms with Gasteiger partial charge in [-0.25, -0.2) is 9.59 Å². The fraction of sp³-hybridized carbons (Fsp3) is 0.524. The Morgan fingerprint density at radius 3 is 2.62 bits per heavy atom. The van der Waals surface area contributed by atoms with E-state index < -0.39 is 30.1 Å². The molecule has 3 atom stereocenters. The van der Waals surface area contributed by atoms with Crippen LogP contribution in [0.5, 0.6) is 0 Å². The number of amides is 2. The second kappa shape index (κ2) is 13.2. The van der Waals surface area contributed by atoms with Crippen molar-refractivity contribution in [3.63, 3.8) is 0 Å². The largest absolute Gasteiger partial charge is 0.480 e. The summed E-state index contributed by atoms with van der Waals surface area (Å²) in [7, 11) is 0. The molecule has 1 aliphatic heterocycles. The molecule has 0 unspecified atom stereocenters. The molecule has 0 spiro atoms. The van der Waals surface area contributed by atoms with Crippen molar-refractivity contribution in [2.24, 2.45) is 16.5 Å². The average molecular weight is 450 g/mol. The van der Waals surface area contributed by atoms with Gasteiger partial charge in [-0.05, 0) is 37.7 Å². The van der Waals surface area contributed by atoms with Gasteiger partial charge in [-0.15, -0.1) is 0 Å². The Kier molecular flexibility index (Phi) is 10.2. The van der Waals surface area contributed by atoms with Gasteiger partial charge in [0, 0.05) is 13.1 Å². The summed E-state index contributed by atoms with van der Waals surface area (Å²) < 4.78 is 10.8. The molecule has 0 aromatic heterocycles. The minimum atomic E-state index is -1.32. The van der Waals surface area contributed by atoms with Crippen molar-refractivity contribution in [3.8, 4) is 0 Å². The van der Waals surface area contributed by atoms with Crippen LogP contribution in [0.2, 0.25) is 0 Å². The molecule has 0 radical (unpaired) electrons. The van der Waals surface area contributed by atoms with E-state index in [1.54, 1.807) is 24.3 Å². The maximum atomic E-state index is 12.3. The van der Waals surface area contributed by atoms with Crippen LogP contribution in [0.3, 0.4) is 0 Å². The second-order valence-corrected chi connectivity index (χ2v) is 7.47. The highest BCUT2D eigenvalue weighted by molar-refractivity contribution is 5.83. The van der Waals surface area contributed by atoms with E-state index >= 15 is 0 Å². The molecule has 1 aromatic carbocycles. The number of nitrogens with two attached hydrogens (primary N) is 2. The Hall–Kier alpha value is -3.34. The predicted octanol–water partition coefficient (Wildman–Crippen LogP) is 0.474. The molecule has 11 nitrogen and oxygen atoms in total. The summed E-state index contributed by atoms with van der Waals surface area (Å²) in [5.41, 5.74) is 11.3. The van der Waals surface area contributed by atoms with Crippen LogP contribution < -0.4 is 22.1 Å². The van der Waals surface area contributed by atoms with E-state index in [4.69, 9.17) is 20.9 Å². The van der Waals surface area contributed by atoms with Crippen molar-refractivity contribution in [2.75, 3.05) is 13.1 Å². The Balaban J connectivity index is 1.68. The predicted molar refractivity (Wildman–Crippen MR) is 117 cm³/mol. The molecule has 176 valence electrons. The van der Waals surface area contributed by atoms with Gasteiger partial charge in [0.15, 0.2) is 5.96 Å². The monoisotopic (exact) mass is 449 g/mol. The number of aliphatic imine (C=N–C) groups is 1. The SMILES string of the molecule is NC(N)=NCCCC[C@H]1CC[C@@H](C(=O)NC[C@H](NC(=O)OCc2ccccc2)C(=O)O)O1. The first-order valence-corrected chi connectivity index (χ1v) is 10.5. The first kappa shape index (κ1) is 24.9. The van der Waals surface area contributed by atoms with Crippen LogP contribution in [0.1, 0.15) is 37.7 Å². The van der Waals surface area contributed by atoms with Crippen molar-refractivity contribution in [3.05, 3.63) is 35.9 Å². The van der Waals surface area contributed by atoms with Gasteiger partial charge in [-0.1, -0.05) is 30.3 Å². The smallest absolute Gasteiger partial charge is 0.408 e. The normalized spacial score (nSPS) is 18.4. The van der Waals surface area contributed by atoms with Crippen LogP contribution in [-0.2, 0) is 25.7 Å². The number of alkyl carbamates (subject to hydrolysis) is 1. The average Bonchev–Trinajstić information content (AvgIpc) is 3.24. The highest BCUT2D eigenvalue weighted by atomic mass is 16.5. The number of carboxylic acids is 1. The number of unbranched alkanes of at least 4 members (excludes halogenated alkanes) is 1. The maximum absolute atomic E-state index is 12.3. The standard InChI is InChI=1S/C21H31N5O6/c22-20(23)24-11-5-4-8-15-9-10-17(32-15)18(27)25-12-16(19(28)29)26-21(30)31-13-14-6-2-1-3-7-14/h1-3,6-7,15-17H,4-5,8-13H2,(H,25,27)(H,26,30)(H,28,29)(H4,22,23,24)/t15-,16-,17-/m0/s1. The lowest BCUT2D eigenvalue weighted by molar-refractivity contribution is -0.139. The fourth-order valence-electron chi connectivity index (χ4n) is 3.23. The number of nitrogens with zero attached hydrogens (tertiary/aromatic N) is 1. The van der Waals surface area contributed by atoms with E-state index in [2.05, 4.69) is 15.6 Å². The summed E-state index contributed by atoms with van der Waals surface area (Å²) in [5, 5.41) is 14.1. The number of ether oxygens (including phenoxy) is 2. The van der Waals surface area contributed by atoms with Crippen LogP contribution in [-0.4, -0.2) is 60.4 Å². The molecule has 2 rings (SSSR count). The lowest BCUT2D eigenvalue weighted by atomic mass is 10.1. The molecule has 2 amide bonds. The zero-order valence-corrected chi connectivity index (χ0v) is 17.9. The van der Waals surface area contributed by atoms with Gasteiger partial charge in [0.05, 0.1) is 6.10 Å². The molecule has 0 saturated carbocycles. The number of carbonyl (C=O) groups is 3. The number of hydrogen-bond acceptors (Lipinski definition) is 6. The van der Waals surface area contributed by atoms with Gasteiger partial charge in [-0.3, -0.25) is 9.79 Å². The summed E-state index contributed by atoms with van der Waals surface area (Å²) in [6.45, 7) is 0.280. The summed E-state index contributed by atoms with van der Waals surface area (Å²) in [5.74, 6) is -1.62. The lowest BCUT2D eigenvalue weighted by Gasteiger charge is -2.17. The van der Waals surface area contributed by atoms with E-state index in [0.29, 0.717) is 13.0 Å². The summed E-state index contributed by atoms with van der Waals surface area (Å²) >= 11 is 0. The molecule has 11 heteroatoms. The summed E-state index contributed by atoms with van der Waals surface area (Å²) in [6.07, 6.45) is 2.21. The third-order valence-corrected chi connectivity index (χ3v) is 4.91. The van der Waals surface area contributed by atoms with Crippen LogP contribution in [0.4, 0.5) is 4.79 Å². The topological polar surface area (TPSA) is 178 Å². The van der Waals surface area contributed by atoms with Crippen molar-refractivity contribution in [2.45, 2.75) is 57.0 Å². The van der Waals surface area contributed by atoms with E-state index in [1.807, 2.05) is 6.07 Å².